The summed E-state index contributed by atoms with van der Waals surface area (Å²) in [5, 5.41) is 0. The van der Waals surface area contributed by atoms with Crippen molar-refractivity contribution in [2.24, 2.45) is 5.92 Å². The van der Waals surface area contributed by atoms with E-state index in [2.05, 4.69) is 18.7 Å². The standard InChI is InChI=1S/C13H25NO/c1-3-5-10-14(4-2)11-13(15)12-8-6-7-9-12/h12H,3-11H2,1-2H3. The SMILES string of the molecule is CCCCN(CC)CC(=O)C1CCCC1. The molecule has 0 aromatic rings. The van der Waals surface area contributed by atoms with E-state index >= 15 is 0 Å². The molecule has 1 fully saturated rings. The highest BCUT2D eigenvalue weighted by Crippen LogP contribution is 2.25. The predicted octanol–water partition coefficient (Wildman–Crippen LogP) is 2.87. The molecule has 1 rings (SSSR count). The number of Topliss-reactive ketones (excluding diaryl/α,β-unsaturated/α-hetero) is 1. The average molecular weight is 211 g/mol. The molecular formula is C13H25NO. The van der Waals surface area contributed by atoms with Crippen molar-refractivity contribution in [3.05, 3.63) is 0 Å². The van der Waals surface area contributed by atoms with E-state index < -0.39 is 0 Å². The summed E-state index contributed by atoms with van der Waals surface area (Å²) in [6.45, 7) is 7.15. The zero-order chi connectivity index (χ0) is 11.1. The molecule has 0 unspecified atom stereocenters. The monoisotopic (exact) mass is 211 g/mol. The fourth-order valence-corrected chi connectivity index (χ4v) is 2.33. The van der Waals surface area contributed by atoms with Crippen LogP contribution in [0.3, 0.4) is 0 Å². The largest absolute Gasteiger partial charge is 0.298 e. The van der Waals surface area contributed by atoms with Crippen molar-refractivity contribution < 1.29 is 4.79 Å². The minimum Gasteiger partial charge on any atom is -0.298 e. The molecule has 0 N–H and O–H groups in total. The molecule has 1 aliphatic carbocycles. The van der Waals surface area contributed by atoms with Gasteiger partial charge in [-0.15, -0.1) is 0 Å². The van der Waals surface area contributed by atoms with Gasteiger partial charge in [-0.1, -0.05) is 33.1 Å². The van der Waals surface area contributed by atoms with E-state index in [0.717, 1.165) is 25.9 Å². The number of unbranched alkanes of at least 4 members (excludes halogenated alkanes) is 1. The summed E-state index contributed by atoms with van der Waals surface area (Å²) < 4.78 is 0. The molecule has 0 heterocycles. The summed E-state index contributed by atoms with van der Waals surface area (Å²) in [6.07, 6.45) is 7.24. The van der Waals surface area contributed by atoms with Crippen LogP contribution in [0.5, 0.6) is 0 Å². The first-order valence-corrected chi connectivity index (χ1v) is 6.53. The van der Waals surface area contributed by atoms with Gasteiger partial charge in [0.05, 0.1) is 6.54 Å². The topological polar surface area (TPSA) is 20.3 Å². The van der Waals surface area contributed by atoms with E-state index in [1.807, 2.05) is 0 Å². The van der Waals surface area contributed by atoms with Crippen LogP contribution in [0.1, 0.15) is 52.4 Å². The lowest BCUT2D eigenvalue weighted by atomic mass is 10.0. The Labute approximate surface area is 94.0 Å². The van der Waals surface area contributed by atoms with Crippen LogP contribution in [0.2, 0.25) is 0 Å². The van der Waals surface area contributed by atoms with Crippen molar-refractivity contribution in [3.8, 4) is 0 Å². The highest BCUT2D eigenvalue weighted by atomic mass is 16.1. The number of rotatable bonds is 7. The van der Waals surface area contributed by atoms with Gasteiger partial charge in [0.1, 0.15) is 5.78 Å². The minimum atomic E-state index is 0.390. The molecule has 0 spiro atoms. The van der Waals surface area contributed by atoms with E-state index in [0.29, 0.717) is 18.2 Å². The Morgan fingerprint density at radius 3 is 2.47 bits per heavy atom. The molecule has 88 valence electrons. The number of carbonyl (C=O) groups is 1. The van der Waals surface area contributed by atoms with E-state index in [9.17, 15) is 4.79 Å². The Morgan fingerprint density at radius 1 is 1.27 bits per heavy atom. The Bertz CT molecular complexity index is 185. The molecule has 0 aromatic heterocycles. The molecule has 0 radical (unpaired) electrons. The quantitative estimate of drug-likeness (QED) is 0.645. The third-order valence-electron chi connectivity index (χ3n) is 3.47. The number of carbonyl (C=O) groups excluding carboxylic acids is 1. The van der Waals surface area contributed by atoms with Gasteiger partial charge in [0.25, 0.3) is 0 Å². The van der Waals surface area contributed by atoms with E-state index in [-0.39, 0.29) is 0 Å². The van der Waals surface area contributed by atoms with Gasteiger partial charge in [0.15, 0.2) is 0 Å². The van der Waals surface area contributed by atoms with Crippen LogP contribution in [0.15, 0.2) is 0 Å². The molecule has 0 aliphatic heterocycles. The molecule has 0 aromatic carbocycles. The Balaban J connectivity index is 2.26. The molecule has 1 aliphatic rings. The summed E-state index contributed by atoms with van der Waals surface area (Å²) in [5.41, 5.74) is 0. The Kier molecular flexibility index (Phi) is 5.92. The molecule has 0 atom stereocenters. The number of hydrogen-bond acceptors (Lipinski definition) is 2. The van der Waals surface area contributed by atoms with Gasteiger partial charge in [0, 0.05) is 5.92 Å². The first-order valence-electron chi connectivity index (χ1n) is 6.53. The Morgan fingerprint density at radius 2 is 1.93 bits per heavy atom. The molecular weight excluding hydrogens is 186 g/mol. The van der Waals surface area contributed by atoms with Crippen molar-refractivity contribution >= 4 is 5.78 Å². The molecule has 1 saturated carbocycles. The van der Waals surface area contributed by atoms with Gasteiger partial charge in [-0.25, -0.2) is 0 Å². The van der Waals surface area contributed by atoms with Crippen molar-refractivity contribution in [2.75, 3.05) is 19.6 Å². The second-order valence-electron chi connectivity index (χ2n) is 4.67. The fourth-order valence-electron chi connectivity index (χ4n) is 2.33. The van der Waals surface area contributed by atoms with E-state index in [1.165, 1.54) is 25.7 Å². The molecule has 2 heteroatoms. The van der Waals surface area contributed by atoms with Crippen LogP contribution in [-0.2, 0) is 4.79 Å². The minimum absolute atomic E-state index is 0.390. The predicted molar refractivity (Wildman–Crippen MR) is 64.0 cm³/mol. The first kappa shape index (κ1) is 12.7. The van der Waals surface area contributed by atoms with Crippen LogP contribution in [0.4, 0.5) is 0 Å². The fraction of sp³-hybridized carbons (Fsp3) is 0.923. The van der Waals surface area contributed by atoms with Gasteiger partial charge in [-0.2, -0.15) is 0 Å². The van der Waals surface area contributed by atoms with Crippen LogP contribution >= 0.6 is 0 Å². The highest BCUT2D eigenvalue weighted by molar-refractivity contribution is 5.83. The van der Waals surface area contributed by atoms with Gasteiger partial charge in [0.2, 0.25) is 0 Å². The summed E-state index contributed by atoms with van der Waals surface area (Å²) >= 11 is 0. The van der Waals surface area contributed by atoms with E-state index in [4.69, 9.17) is 0 Å². The van der Waals surface area contributed by atoms with Crippen molar-refractivity contribution in [1.29, 1.82) is 0 Å². The lowest BCUT2D eigenvalue weighted by Gasteiger charge is -2.20. The maximum Gasteiger partial charge on any atom is 0.149 e. The van der Waals surface area contributed by atoms with Gasteiger partial charge < -0.3 is 0 Å². The second kappa shape index (κ2) is 7.00. The summed E-state index contributed by atoms with van der Waals surface area (Å²) in [7, 11) is 0. The molecule has 0 amide bonds. The third kappa shape index (κ3) is 4.33. The van der Waals surface area contributed by atoms with Gasteiger partial charge in [-0.05, 0) is 32.4 Å². The maximum atomic E-state index is 11.9. The molecule has 2 nitrogen and oxygen atoms in total. The molecule has 0 bridgehead atoms. The normalized spacial score (nSPS) is 17.5. The summed E-state index contributed by atoms with van der Waals surface area (Å²) in [5.74, 6) is 0.881. The zero-order valence-corrected chi connectivity index (χ0v) is 10.3. The highest BCUT2D eigenvalue weighted by Gasteiger charge is 2.23. The Hall–Kier alpha value is -0.370. The van der Waals surface area contributed by atoms with Crippen molar-refractivity contribution in [3.63, 3.8) is 0 Å². The maximum absolute atomic E-state index is 11.9. The van der Waals surface area contributed by atoms with Crippen LogP contribution < -0.4 is 0 Å². The zero-order valence-electron chi connectivity index (χ0n) is 10.3. The van der Waals surface area contributed by atoms with Crippen molar-refractivity contribution in [1.82, 2.24) is 4.90 Å². The smallest absolute Gasteiger partial charge is 0.149 e. The summed E-state index contributed by atoms with van der Waals surface area (Å²) in [6, 6.07) is 0. The third-order valence-corrected chi connectivity index (χ3v) is 3.47. The van der Waals surface area contributed by atoms with Gasteiger partial charge >= 0.3 is 0 Å². The lowest BCUT2D eigenvalue weighted by Crippen LogP contribution is -2.33. The number of ketones is 1. The molecule has 0 saturated heterocycles. The number of likely N-dealkylation sites (N-methyl/N-ethyl adjacent to an activating group) is 1. The summed E-state index contributed by atoms with van der Waals surface area (Å²) in [4.78, 5) is 14.2. The number of nitrogens with zero attached hydrogens (tertiary/aromatic N) is 1. The second-order valence-corrected chi connectivity index (χ2v) is 4.67. The first-order chi connectivity index (χ1) is 7.27. The van der Waals surface area contributed by atoms with Gasteiger partial charge in [-0.3, -0.25) is 9.69 Å². The lowest BCUT2D eigenvalue weighted by molar-refractivity contribution is -0.123. The molecule has 15 heavy (non-hydrogen) atoms. The number of hydrogen-bond donors (Lipinski definition) is 0. The van der Waals surface area contributed by atoms with E-state index in [1.54, 1.807) is 0 Å². The van der Waals surface area contributed by atoms with Crippen molar-refractivity contribution in [2.45, 2.75) is 52.4 Å². The van der Waals surface area contributed by atoms with Crippen LogP contribution in [0.25, 0.3) is 0 Å². The average Bonchev–Trinajstić information content (AvgIpc) is 2.77. The van der Waals surface area contributed by atoms with Crippen LogP contribution in [0, 0.1) is 5.92 Å². The van der Waals surface area contributed by atoms with Crippen LogP contribution in [-0.4, -0.2) is 30.3 Å².